The number of halogens is 3. The first-order valence-electron chi connectivity index (χ1n) is 13.2. The van der Waals surface area contributed by atoms with Crippen molar-refractivity contribution in [2.75, 3.05) is 36.5 Å². The van der Waals surface area contributed by atoms with E-state index in [1.165, 1.54) is 36.5 Å². The van der Waals surface area contributed by atoms with Crippen LogP contribution in [-0.4, -0.2) is 48.3 Å². The molecule has 4 rings (SSSR count). The van der Waals surface area contributed by atoms with Gasteiger partial charge < -0.3 is 14.7 Å². The van der Waals surface area contributed by atoms with Gasteiger partial charge in [-0.05, 0) is 55.0 Å². The van der Waals surface area contributed by atoms with Crippen LogP contribution in [0.25, 0.3) is 17.3 Å². The molecule has 0 unspecified atom stereocenters. The van der Waals surface area contributed by atoms with Crippen LogP contribution in [0, 0.1) is 11.2 Å². The fourth-order valence-corrected chi connectivity index (χ4v) is 5.91. The predicted octanol–water partition coefficient (Wildman–Crippen LogP) is 7.81. The van der Waals surface area contributed by atoms with Crippen LogP contribution in [0.2, 0.25) is 10.0 Å². The van der Waals surface area contributed by atoms with Crippen LogP contribution in [-0.2, 0) is 16.0 Å². The van der Waals surface area contributed by atoms with Gasteiger partial charge in [0.25, 0.3) is 5.91 Å². The third-order valence-corrected chi connectivity index (χ3v) is 8.30. The number of morpholine rings is 1. The highest BCUT2D eigenvalue weighted by atomic mass is 35.5. The van der Waals surface area contributed by atoms with Gasteiger partial charge in [-0.1, -0.05) is 67.4 Å². The van der Waals surface area contributed by atoms with Crippen LogP contribution in [0.15, 0.2) is 35.9 Å². The van der Waals surface area contributed by atoms with Gasteiger partial charge >= 0.3 is 5.97 Å². The molecule has 2 N–H and O–H groups in total. The molecular weight excluding hydrogens is 588 g/mol. The molecule has 0 saturated carbocycles. The first kappa shape index (κ1) is 31.0. The third-order valence-electron chi connectivity index (χ3n) is 6.65. The Kier molecular flexibility index (Phi) is 9.74. The Morgan fingerprint density at radius 1 is 1.20 bits per heavy atom. The number of anilines is 2. The number of carboxylic acids is 1. The highest BCUT2D eigenvalue weighted by molar-refractivity contribution is 7.20. The lowest BCUT2D eigenvalue weighted by Crippen LogP contribution is -2.36. The summed E-state index contributed by atoms with van der Waals surface area (Å²) in [6.07, 6.45) is 2.78. The van der Waals surface area contributed by atoms with Crippen molar-refractivity contribution in [2.45, 2.75) is 40.5 Å². The lowest BCUT2D eigenvalue weighted by molar-refractivity contribution is -0.132. The molecule has 7 nitrogen and oxygen atoms in total. The molecule has 0 radical (unpaired) electrons. The molecule has 218 valence electrons. The van der Waals surface area contributed by atoms with Crippen molar-refractivity contribution < 1.29 is 23.8 Å². The average Bonchev–Trinajstić information content (AvgIpc) is 3.33. The topological polar surface area (TPSA) is 91.8 Å². The maximum Gasteiger partial charge on any atom is 0.331 e. The molecule has 1 saturated heterocycles. The molecular formula is C30H32Cl2FN3O4S. The third kappa shape index (κ3) is 7.65. The lowest BCUT2D eigenvalue weighted by atomic mass is 9.88. The van der Waals surface area contributed by atoms with Gasteiger partial charge in [0.15, 0.2) is 5.13 Å². The summed E-state index contributed by atoms with van der Waals surface area (Å²) >= 11 is 14.0. The second-order valence-corrected chi connectivity index (χ2v) is 12.8. The van der Waals surface area contributed by atoms with E-state index in [1.54, 1.807) is 12.1 Å². The Hall–Kier alpha value is -2.98. The normalized spacial score (nSPS) is 14.3. The fraction of sp³-hybridized carbons (Fsp3) is 0.367. The van der Waals surface area contributed by atoms with Crippen molar-refractivity contribution in [2.24, 2.45) is 5.41 Å². The zero-order chi connectivity index (χ0) is 29.9. The summed E-state index contributed by atoms with van der Waals surface area (Å²) in [5.74, 6) is -1.92. The Morgan fingerprint density at radius 2 is 1.85 bits per heavy atom. The number of benzene rings is 2. The first-order valence-corrected chi connectivity index (χ1v) is 14.7. The smallest absolute Gasteiger partial charge is 0.331 e. The number of hydrogen-bond donors (Lipinski definition) is 2. The minimum Gasteiger partial charge on any atom is -0.478 e. The fourth-order valence-electron chi connectivity index (χ4n) is 4.29. The SMILES string of the molecule is CC(=Cc1c(Cl)cc(C(=O)Nc2nc(-c3cccc(CCC(C)(C)C)c3F)c(N3CCOCC3)s2)cc1Cl)C(=O)O. The Balaban J connectivity index is 1.67. The Labute approximate surface area is 252 Å². The standard InChI is InChI=1S/C30H32Cl2FN3O4S/c1-17(28(38)39)14-21-22(31)15-19(16-23(21)32)26(37)35-29-34-25(27(41-29)36-10-12-40-13-11-36)20-7-5-6-18(24(20)33)8-9-30(2,3)4/h5-7,14-16H,8-13H2,1-4H3,(H,38,39)(H,34,35,37). The predicted molar refractivity (Wildman–Crippen MR) is 164 cm³/mol. The van der Waals surface area contributed by atoms with Gasteiger partial charge in [-0.15, -0.1) is 0 Å². The second-order valence-electron chi connectivity index (χ2n) is 11.1. The minimum absolute atomic E-state index is 0.0478. The molecule has 2 aromatic carbocycles. The number of carbonyl (C=O) groups excluding carboxylic acids is 1. The number of rotatable bonds is 8. The second kappa shape index (κ2) is 12.9. The van der Waals surface area contributed by atoms with Gasteiger partial charge in [0, 0.05) is 35.4 Å². The molecule has 0 spiro atoms. The molecule has 0 atom stereocenters. The van der Waals surface area contributed by atoms with E-state index in [1.807, 2.05) is 6.07 Å². The molecule has 1 fully saturated rings. The van der Waals surface area contributed by atoms with Crippen molar-refractivity contribution in [3.8, 4) is 11.3 Å². The first-order chi connectivity index (χ1) is 19.3. The van der Waals surface area contributed by atoms with E-state index in [4.69, 9.17) is 33.0 Å². The molecule has 11 heteroatoms. The van der Waals surface area contributed by atoms with Gasteiger partial charge in [0.1, 0.15) is 16.5 Å². The summed E-state index contributed by atoms with van der Waals surface area (Å²) in [7, 11) is 0. The monoisotopic (exact) mass is 619 g/mol. The molecule has 1 aromatic heterocycles. The quantitative estimate of drug-likeness (QED) is 0.250. The van der Waals surface area contributed by atoms with Crippen LogP contribution >= 0.6 is 34.5 Å². The molecule has 2 heterocycles. The summed E-state index contributed by atoms with van der Waals surface area (Å²) in [6, 6.07) is 8.19. The van der Waals surface area contributed by atoms with Crippen LogP contribution in [0.5, 0.6) is 0 Å². The van der Waals surface area contributed by atoms with Gasteiger partial charge in [-0.2, -0.15) is 0 Å². The van der Waals surface area contributed by atoms with Crippen LogP contribution < -0.4 is 10.2 Å². The lowest BCUT2D eigenvalue weighted by Gasteiger charge is -2.28. The molecule has 1 aliphatic heterocycles. The Morgan fingerprint density at radius 3 is 2.46 bits per heavy atom. The maximum atomic E-state index is 15.8. The number of aryl methyl sites for hydroxylation is 1. The van der Waals surface area contributed by atoms with Crippen molar-refractivity contribution >= 4 is 62.6 Å². The Bertz CT molecular complexity index is 1470. The number of carboxylic acid groups (broad SMARTS) is 1. The van der Waals surface area contributed by atoms with E-state index in [-0.39, 0.29) is 32.4 Å². The van der Waals surface area contributed by atoms with Gasteiger partial charge in [0.05, 0.1) is 23.3 Å². The van der Waals surface area contributed by atoms with Crippen molar-refractivity contribution in [3.05, 3.63) is 68.5 Å². The number of hydrogen-bond acceptors (Lipinski definition) is 6. The van der Waals surface area contributed by atoms with Gasteiger partial charge in [0.2, 0.25) is 0 Å². The van der Waals surface area contributed by atoms with Crippen molar-refractivity contribution in [3.63, 3.8) is 0 Å². The highest BCUT2D eigenvalue weighted by Gasteiger charge is 2.25. The molecule has 41 heavy (non-hydrogen) atoms. The van der Waals surface area contributed by atoms with E-state index in [0.29, 0.717) is 60.2 Å². The molecule has 1 amide bonds. The number of aliphatic carboxylic acids is 1. The van der Waals surface area contributed by atoms with E-state index in [9.17, 15) is 9.59 Å². The van der Waals surface area contributed by atoms with E-state index in [0.717, 1.165) is 11.4 Å². The largest absolute Gasteiger partial charge is 0.478 e. The van der Waals surface area contributed by atoms with Crippen molar-refractivity contribution in [1.82, 2.24) is 4.98 Å². The van der Waals surface area contributed by atoms with E-state index in [2.05, 4.69) is 36.0 Å². The highest BCUT2D eigenvalue weighted by Crippen LogP contribution is 2.41. The average molecular weight is 621 g/mol. The van der Waals surface area contributed by atoms with Gasteiger partial charge in [-0.25, -0.2) is 14.2 Å². The number of nitrogens with zero attached hydrogens (tertiary/aromatic N) is 2. The molecule has 1 aliphatic rings. The zero-order valence-electron chi connectivity index (χ0n) is 23.3. The van der Waals surface area contributed by atoms with Gasteiger partial charge in [-0.3, -0.25) is 10.1 Å². The minimum atomic E-state index is -1.11. The summed E-state index contributed by atoms with van der Waals surface area (Å²) in [5.41, 5.74) is 2.05. The van der Waals surface area contributed by atoms with Crippen LogP contribution in [0.3, 0.4) is 0 Å². The molecule has 0 aliphatic carbocycles. The summed E-state index contributed by atoms with van der Waals surface area (Å²) in [5, 5.41) is 13.3. The zero-order valence-corrected chi connectivity index (χ0v) is 25.6. The van der Waals surface area contributed by atoms with E-state index >= 15 is 4.39 Å². The van der Waals surface area contributed by atoms with Crippen LogP contribution in [0.4, 0.5) is 14.5 Å². The number of carbonyl (C=O) groups is 2. The van der Waals surface area contributed by atoms with E-state index < -0.39 is 11.9 Å². The maximum absolute atomic E-state index is 15.8. The molecule has 0 bridgehead atoms. The summed E-state index contributed by atoms with van der Waals surface area (Å²) < 4.78 is 21.4. The van der Waals surface area contributed by atoms with Crippen LogP contribution in [0.1, 0.15) is 55.6 Å². The number of aromatic nitrogens is 1. The van der Waals surface area contributed by atoms with Crippen molar-refractivity contribution in [1.29, 1.82) is 0 Å². The molecule has 3 aromatic rings. The number of nitrogens with one attached hydrogen (secondary N) is 1. The number of ether oxygens (including phenoxy) is 1. The summed E-state index contributed by atoms with van der Waals surface area (Å²) in [6.45, 7) is 10.1. The summed E-state index contributed by atoms with van der Waals surface area (Å²) in [4.78, 5) is 31.2. The number of thiazole rings is 1. The number of amides is 1.